The van der Waals surface area contributed by atoms with Crippen LogP contribution < -0.4 is 0 Å². The molecule has 3 aromatic rings. The standard InChI is InChI=1S/C11H8ClN5S3/c1-18-8-4-2-7(3-5-8)17-10(14-15-16-17)20-11-13-6-9(12)19-11/h2-6H,1H3. The highest BCUT2D eigenvalue weighted by Crippen LogP contribution is 2.32. The Morgan fingerprint density at radius 2 is 2.05 bits per heavy atom. The van der Waals surface area contributed by atoms with Crippen LogP contribution in [0.4, 0.5) is 0 Å². The van der Waals surface area contributed by atoms with Crippen molar-refractivity contribution in [1.29, 1.82) is 0 Å². The zero-order valence-electron chi connectivity index (χ0n) is 10.2. The van der Waals surface area contributed by atoms with E-state index in [4.69, 9.17) is 11.6 Å². The minimum Gasteiger partial charge on any atom is -0.236 e. The minimum absolute atomic E-state index is 0.649. The first-order valence-corrected chi connectivity index (χ1v) is 8.72. The van der Waals surface area contributed by atoms with Gasteiger partial charge in [0.2, 0.25) is 5.16 Å². The Hall–Kier alpha value is -1.09. The smallest absolute Gasteiger partial charge is 0.221 e. The summed E-state index contributed by atoms with van der Waals surface area (Å²) in [7, 11) is 0. The normalized spacial score (nSPS) is 10.9. The lowest BCUT2D eigenvalue weighted by Gasteiger charge is -2.03. The van der Waals surface area contributed by atoms with E-state index >= 15 is 0 Å². The van der Waals surface area contributed by atoms with Gasteiger partial charge in [-0.25, -0.2) is 4.98 Å². The number of nitrogens with zero attached hydrogens (tertiary/aromatic N) is 5. The van der Waals surface area contributed by atoms with Crippen molar-refractivity contribution in [2.45, 2.75) is 14.4 Å². The Balaban J connectivity index is 1.88. The van der Waals surface area contributed by atoms with Gasteiger partial charge in [-0.1, -0.05) is 22.9 Å². The molecule has 1 aromatic carbocycles. The lowest BCUT2D eigenvalue weighted by molar-refractivity contribution is 0.755. The SMILES string of the molecule is CSc1ccc(-n2nnnc2Sc2ncc(Cl)s2)cc1. The van der Waals surface area contributed by atoms with Crippen molar-refractivity contribution >= 4 is 46.5 Å². The van der Waals surface area contributed by atoms with E-state index in [2.05, 4.69) is 20.5 Å². The lowest BCUT2D eigenvalue weighted by atomic mass is 10.3. The number of hydrogen-bond donors (Lipinski definition) is 0. The Labute approximate surface area is 132 Å². The minimum atomic E-state index is 0.649. The summed E-state index contributed by atoms with van der Waals surface area (Å²) in [6, 6.07) is 8.05. The Morgan fingerprint density at radius 1 is 1.25 bits per heavy atom. The quantitative estimate of drug-likeness (QED) is 0.675. The van der Waals surface area contributed by atoms with Crippen molar-refractivity contribution in [3.63, 3.8) is 0 Å². The van der Waals surface area contributed by atoms with E-state index in [1.807, 2.05) is 30.5 Å². The molecule has 20 heavy (non-hydrogen) atoms. The van der Waals surface area contributed by atoms with Crippen LogP contribution in [-0.2, 0) is 0 Å². The van der Waals surface area contributed by atoms with E-state index < -0.39 is 0 Å². The van der Waals surface area contributed by atoms with Gasteiger partial charge in [0.25, 0.3) is 0 Å². The number of benzene rings is 1. The second-order valence-corrected chi connectivity index (χ2v) is 7.36. The van der Waals surface area contributed by atoms with Gasteiger partial charge >= 0.3 is 0 Å². The Morgan fingerprint density at radius 3 is 2.70 bits per heavy atom. The maximum Gasteiger partial charge on any atom is 0.221 e. The molecule has 0 spiro atoms. The third-order valence-electron chi connectivity index (χ3n) is 2.39. The molecule has 5 nitrogen and oxygen atoms in total. The molecule has 0 atom stereocenters. The average Bonchev–Trinajstić information content (AvgIpc) is 3.09. The summed E-state index contributed by atoms with van der Waals surface area (Å²) in [5, 5.41) is 12.4. The van der Waals surface area contributed by atoms with Gasteiger partial charge in [0, 0.05) is 4.90 Å². The van der Waals surface area contributed by atoms with Crippen LogP contribution in [0, 0.1) is 0 Å². The summed E-state index contributed by atoms with van der Waals surface area (Å²) in [5.74, 6) is 0. The van der Waals surface area contributed by atoms with Crippen LogP contribution in [0.5, 0.6) is 0 Å². The van der Waals surface area contributed by atoms with Gasteiger partial charge in [0.05, 0.1) is 11.9 Å². The molecule has 2 heterocycles. The summed E-state index contributed by atoms with van der Waals surface area (Å²) in [4.78, 5) is 5.39. The molecule has 0 aliphatic carbocycles. The first-order chi connectivity index (χ1) is 9.76. The topological polar surface area (TPSA) is 56.5 Å². The van der Waals surface area contributed by atoms with Crippen LogP contribution in [0.1, 0.15) is 0 Å². The molecular formula is C11H8ClN5S3. The molecule has 0 saturated heterocycles. The number of halogens is 1. The second-order valence-electron chi connectivity index (χ2n) is 3.60. The zero-order chi connectivity index (χ0) is 13.9. The van der Waals surface area contributed by atoms with Crippen LogP contribution in [-0.4, -0.2) is 31.4 Å². The number of thioether (sulfide) groups is 1. The van der Waals surface area contributed by atoms with Gasteiger partial charge in [0.15, 0.2) is 4.34 Å². The molecule has 2 aromatic heterocycles. The molecule has 0 radical (unpaired) electrons. The molecule has 0 amide bonds. The van der Waals surface area contributed by atoms with E-state index in [1.165, 1.54) is 28.0 Å². The summed E-state index contributed by atoms with van der Waals surface area (Å²) < 4.78 is 3.15. The van der Waals surface area contributed by atoms with Crippen molar-refractivity contribution in [3.05, 3.63) is 34.8 Å². The monoisotopic (exact) mass is 341 g/mol. The maximum absolute atomic E-state index is 5.87. The van der Waals surface area contributed by atoms with Crippen molar-refractivity contribution in [3.8, 4) is 5.69 Å². The van der Waals surface area contributed by atoms with E-state index in [1.54, 1.807) is 22.6 Å². The van der Waals surface area contributed by atoms with E-state index in [0.717, 1.165) is 10.0 Å². The van der Waals surface area contributed by atoms with Crippen LogP contribution in [0.2, 0.25) is 4.34 Å². The molecule has 0 N–H and O–H groups in total. The average molecular weight is 342 g/mol. The van der Waals surface area contributed by atoms with Crippen LogP contribution >= 0.6 is 46.5 Å². The van der Waals surface area contributed by atoms with E-state index in [0.29, 0.717) is 9.49 Å². The highest BCUT2D eigenvalue weighted by molar-refractivity contribution is 8.01. The fraction of sp³-hybridized carbons (Fsp3) is 0.0909. The van der Waals surface area contributed by atoms with E-state index in [9.17, 15) is 0 Å². The molecule has 0 fully saturated rings. The lowest BCUT2D eigenvalue weighted by Crippen LogP contribution is -1.98. The number of thiazole rings is 1. The zero-order valence-corrected chi connectivity index (χ0v) is 13.4. The molecule has 9 heteroatoms. The third-order valence-corrected chi connectivity index (χ3v) is 5.26. The Kier molecular flexibility index (Phi) is 4.25. The van der Waals surface area contributed by atoms with Gasteiger partial charge in [-0.3, -0.25) is 0 Å². The van der Waals surface area contributed by atoms with Crippen LogP contribution in [0.15, 0.2) is 44.9 Å². The van der Waals surface area contributed by atoms with Crippen molar-refractivity contribution in [2.75, 3.05) is 6.26 Å². The fourth-order valence-corrected chi connectivity index (χ4v) is 3.91. The molecule has 3 rings (SSSR count). The van der Waals surface area contributed by atoms with Gasteiger partial charge in [0.1, 0.15) is 4.34 Å². The fourth-order valence-electron chi connectivity index (χ4n) is 1.49. The maximum atomic E-state index is 5.87. The highest BCUT2D eigenvalue weighted by atomic mass is 35.5. The van der Waals surface area contributed by atoms with Crippen molar-refractivity contribution in [2.24, 2.45) is 0 Å². The third kappa shape index (κ3) is 2.98. The van der Waals surface area contributed by atoms with Gasteiger partial charge < -0.3 is 0 Å². The van der Waals surface area contributed by atoms with Gasteiger partial charge in [-0.15, -0.1) is 16.9 Å². The molecular weight excluding hydrogens is 334 g/mol. The summed E-state index contributed by atoms with van der Waals surface area (Å²) >= 11 is 10.4. The molecule has 0 aliphatic heterocycles. The largest absolute Gasteiger partial charge is 0.236 e. The van der Waals surface area contributed by atoms with E-state index in [-0.39, 0.29) is 0 Å². The Bertz CT molecular complexity index is 709. The molecule has 0 bridgehead atoms. The predicted molar refractivity (Wildman–Crippen MR) is 82.2 cm³/mol. The molecule has 0 saturated carbocycles. The van der Waals surface area contributed by atoms with Crippen molar-refractivity contribution in [1.82, 2.24) is 25.2 Å². The first-order valence-electron chi connectivity index (χ1n) is 5.48. The predicted octanol–water partition coefficient (Wildman–Crippen LogP) is 3.65. The first kappa shape index (κ1) is 13.9. The van der Waals surface area contributed by atoms with Crippen molar-refractivity contribution < 1.29 is 0 Å². The molecule has 102 valence electrons. The summed E-state index contributed by atoms with van der Waals surface area (Å²) in [5.41, 5.74) is 0.915. The number of aromatic nitrogens is 5. The molecule has 0 unspecified atom stereocenters. The van der Waals surface area contributed by atoms with Gasteiger partial charge in [-0.2, -0.15) is 4.68 Å². The highest BCUT2D eigenvalue weighted by Gasteiger charge is 2.12. The molecule has 0 aliphatic rings. The van der Waals surface area contributed by atoms with Crippen LogP contribution in [0.25, 0.3) is 5.69 Å². The van der Waals surface area contributed by atoms with Crippen LogP contribution in [0.3, 0.4) is 0 Å². The summed E-state index contributed by atoms with van der Waals surface area (Å²) in [6.45, 7) is 0. The number of rotatable bonds is 4. The number of tetrazole rings is 1. The van der Waals surface area contributed by atoms with Gasteiger partial charge in [-0.05, 0) is 52.7 Å². The number of hydrogen-bond acceptors (Lipinski definition) is 7. The second kappa shape index (κ2) is 6.13. The summed E-state index contributed by atoms with van der Waals surface area (Å²) in [6.07, 6.45) is 3.66.